The van der Waals surface area contributed by atoms with E-state index in [4.69, 9.17) is 5.26 Å². The van der Waals surface area contributed by atoms with Gasteiger partial charge in [0.2, 0.25) is 0 Å². The predicted molar refractivity (Wildman–Crippen MR) is 36.3 cm³/mol. The zero-order valence-corrected chi connectivity index (χ0v) is 6.09. The molecule has 0 aliphatic rings. The second-order valence-corrected chi connectivity index (χ2v) is 1.67. The molecule has 0 radical (unpaired) electrons. The van der Waals surface area contributed by atoms with E-state index >= 15 is 0 Å². The summed E-state index contributed by atoms with van der Waals surface area (Å²) in [6.45, 7) is 1.97. The van der Waals surface area contributed by atoms with Crippen molar-refractivity contribution in [2.45, 2.75) is 26.2 Å². The second-order valence-electron chi connectivity index (χ2n) is 1.67. The number of esters is 1. The molecule has 0 bridgehead atoms. The average Bonchev–Trinajstić information content (AvgIpc) is 1.85. The lowest BCUT2D eigenvalue weighted by atomic mass is 10.3. The largest absolute Gasteiger partial charge is 0.351 e. The van der Waals surface area contributed by atoms with E-state index in [0.29, 0.717) is 6.42 Å². The second kappa shape index (κ2) is 7.92. The van der Waals surface area contributed by atoms with Crippen LogP contribution in [0.3, 0.4) is 0 Å². The number of ether oxygens (including phenoxy) is 1. The molecule has 0 spiro atoms. The topological polar surface area (TPSA) is 85.1 Å². The van der Waals surface area contributed by atoms with Crippen LogP contribution in [0.5, 0.6) is 0 Å². The van der Waals surface area contributed by atoms with Crippen molar-refractivity contribution in [3.05, 3.63) is 0 Å². The minimum atomic E-state index is -0.431. The number of nitriles is 1. The first-order chi connectivity index (χ1) is 4.31. The summed E-state index contributed by atoms with van der Waals surface area (Å²) in [6, 6.07) is 0. The van der Waals surface area contributed by atoms with Crippen LogP contribution in [0.1, 0.15) is 26.2 Å². The Kier molecular flexibility index (Phi) is 9.25. The van der Waals surface area contributed by atoms with Crippen LogP contribution in [0, 0.1) is 11.5 Å². The highest BCUT2D eigenvalue weighted by molar-refractivity contribution is 5.70. The van der Waals surface area contributed by atoms with Crippen LogP contribution in [0.15, 0.2) is 0 Å². The third kappa shape index (κ3) is 6.92. The maximum Gasteiger partial charge on any atom is 0.321 e. The number of hydrogen-bond donors (Lipinski definition) is 1. The number of nitrogens with zero attached hydrogens (tertiary/aromatic N) is 1. The Morgan fingerprint density at radius 1 is 1.70 bits per heavy atom. The molecule has 10 heavy (non-hydrogen) atoms. The van der Waals surface area contributed by atoms with Crippen LogP contribution in [0.2, 0.25) is 0 Å². The van der Waals surface area contributed by atoms with E-state index in [9.17, 15) is 4.79 Å². The minimum absolute atomic E-state index is 0. The van der Waals surface area contributed by atoms with Gasteiger partial charge >= 0.3 is 5.97 Å². The summed E-state index contributed by atoms with van der Waals surface area (Å²) in [5, 5.41) is 7.84. The fraction of sp³-hybridized carbons (Fsp3) is 0.667. The van der Waals surface area contributed by atoms with Gasteiger partial charge < -0.3 is 10.9 Å². The van der Waals surface area contributed by atoms with Crippen LogP contribution in [0.4, 0.5) is 0 Å². The van der Waals surface area contributed by atoms with E-state index in [1.54, 1.807) is 0 Å². The van der Waals surface area contributed by atoms with Gasteiger partial charge in [0.05, 0.1) is 0 Å². The molecule has 0 aromatic rings. The Morgan fingerprint density at radius 2 is 2.30 bits per heavy atom. The fourth-order valence-electron chi connectivity index (χ4n) is 0.423. The molecule has 4 nitrogen and oxygen atoms in total. The molecule has 0 rings (SSSR count). The molecule has 0 saturated carbocycles. The van der Waals surface area contributed by atoms with E-state index in [1.165, 1.54) is 6.26 Å². The summed E-state index contributed by atoms with van der Waals surface area (Å²) in [4.78, 5) is 10.4. The summed E-state index contributed by atoms with van der Waals surface area (Å²) in [5.74, 6) is -0.431. The third-order valence-corrected chi connectivity index (χ3v) is 0.894. The van der Waals surface area contributed by atoms with Crippen LogP contribution in [-0.4, -0.2) is 5.97 Å². The molecule has 0 heterocycles. The molecular weight excluding hydrogens is 132 g/mol. The van der Waals surface area contributed by atoms with E-state index in [2.05, 4.69) is 4.74 Å². The van der Waals surface area contributed by atoms with Crippen molar-refractivity contribution < 1.29 is 9.53 Å². The molecule has 4 heteroatoms. The van der Waals surface area contributed by atoms with E-state index < -0.39 is 5.97 Å². The van der Waals surface area contributed by atoms with Gasteiger partial charge in [-0.3, -0.25) is 4.79 Å². The highest BCUT2D eigenvalue weighted by Gasteiger charge is 1.98. The lowest BCUT2D eigenvalue weighted by Gasteiger charge is -1.90. The molecule has 0 unspecified atom stereocenters. The summed E-state index contributed by atoms with van der Waals surface area (Å²) in [7, 11) is 0. The van der Waals surface area contributed by atoms with Crippen molar-refractivity contribution in [1.29, 1.82) is 5.26 Å². The molecule has 0 fully saturated rings. The maximum absolute atomic E-state index is 10.4. The molecule has 58 valence electrons. The van der Waals surface area contributed by atoms with Crippen LogP contribution < -0.4 is 6.15 Å². The van der Waals surface area contributed by atoms with Crippen molar-refractivity contribution in [1.82, 2.24) is 6.15 Å². The predicted octanol–water partition coefficient (Wildman–Crippen LogP) is 1.36. The fourth-order valence-corrected chi connectivity index (χ4v) is 0.423. The number of unbranched alkanes of at least 4 members (excludes halogenated alkanes) is 1. The summed E-state index contributed by atoms with van der Waals surface area (Å²) in [5.41, 5.74) is 0. The van der Waals surface area contributed by atoms with Gasteiger partial charge in [0, 0.05) is 6.42 Å². The molecule has 0 aromatic carbocycles. The van der Waals surface area contributed by atoms with Gasteiger partial charge in [-0.15, -0.1) is 5.26 Å². The quantitative estimate of drug-likeness (QED) is 0.478. The van der Waals surface area contributed by atoms with Crippen molar-refractivity contribution >= 4 is 5.97 Å². The zero-order valence-electron chi connectivity index (χ0n) is 6.09. The van der Waals surface area contributed by atoms with Gasteiger partial charge in [-0.1, -0.05) is 13.3 Å². The van der Waals surface area contributed by atoms with Gasteiger partial charge in [-0.25, -0.2) is 0 Å². The molecule has 0 amide bonds. The maximum atomic E-state index is 10.4. The van der Waals surface area contributed by atoms with Gasteiger partial charge in [0.1, 0.15) is 0 Å². The Balaban J connectivity index is 0. The monoisotopic (exact) mass is 144 g/mol. The first-order valence-corrected chi connectivity index (χ1v) is 2.90. The summed E-state index contributed by atoms with van der Waals surface area (Å²) in [6.07, 6.45) is 3.42. The molecule has 0 aliphatic heterocycles. The smallest absolute Gasteiger partial charge is 0.321 e. The summed E-state index contributed by atoms with van der Waals surface area (Å²) >= 11 is 0. The number of carbonyl (C=O) groups excluding carboxylic acids is 1. The Bertz CT molecular complexity index is 128. The van der Waals surface area contributed by atoms with E-state index in [1.807, 2.05) is 6.92 Å². The number of rotatable bonds is 3. The van der Waals surface area contributed by atoms with Gasteiger partial charge in [-0.05, 0) is 6.42 Å². The van der Waals surface area contributed by atoms with Crippen LogP contribution in [0.25, 0.3) is 0 Å². The van der Waals surface area contributed by atoms with E-state index in [0.717, 1.165) is 12.8 Å². The molecule has 0 aliphatic carbocycles. The van der Waals surface area contributed by atoms with Gasteiger partial charge in [0.15, 0.2) is 0 Å². The Morgan fingerprint density at radius 3 is 2.70 bits per heavy atom. The molecule has 0 saturated heterocycles. The third-order valence-electron chi connectivity index (χ3n) is 0.894. The van der Waals surface area contributed by atoms with Gasteiger partial charge in [0.25, 0.3) is 6.26 Å². The first-order valence-electron chi connectivity index (χ1n) is 2.90. The lowest BCUT2D eigenvalue weighted by Crippen LogP contribution is -1.97. The van der Waals surface area contributed by atoms with Crippen molar-refractivity contribution in [3.63, 3.8) is 0 Å². The highest BCUT2D eigenvalue weighted by atomic mass is 16.5. The minimum Gasteiger partial charge on any atom is -0.351 e. The average molecular weight is 144 g/mol. The zero-order chi connectivity index (χ0) is 7.11. The number of carbonyl (C=O) groups is 1. The normalized spacial score (nSPS) is 7.20. The molecule has 0 atom stereocenters. The molecule has 3 N–H and O–H groups in total. The van der Waals surface area contributed by atoms with Crippen molar-refractivity contribution in [3.8, 4) is 6.26 Å². The van der Waals surface area contributed by atoms with Gasteiger partial charge in [-0.2, -0.15) is 0 Å². The van der Waals surface area contributed by atoms with Crippen molar-refractivity contribution in [2.24, 2.45) is 0 Å². The SMILES string of the molecule is CCCCC(=O)OC#N.N. The van der Waals surface area contributed by atoms with E-state index in [-0.39, 0.29) is 6.15 Å². The van der Waals surface area contributed by atoms with Crippen molar-refractivity contribution in [2.75, 3.05) is 0 Å². The van der Waals surface area contributed by atoms with Crippen LogP contribution in [-0.2, 0) is 9.53 Å². The first kappa shape index (κ1) is 11.7. The molecular formula is C6H12N2O2. The Hall–Kier alpha value is -1.08. The lowest BCUT2D eigenvalue weighted by molar-refractivity contribution is -0.137. The van der Waals surface area contributed by atoms with Crippen LogP contribution >= 0.6 is 0 Å². The standard InChI is InChI=1S/C6H9NO2.H3N/c1-2-3-4-6(8)9-5-7;/h2-4H2,1H3;1H3. The molecule has 0 aromatic heterocycles. The highest BCUT2D eigenvalue weighted by Crippen LogP contribution is 1.94. The Labute approximate surface area is 60.4 Å². The number of hydrogen-bond acceptors (Lipinski definition) is 4. The summed E-state index contributed by atoms with van der Waals surface area (Å²) < 4.78 is 4.01.